The Hall–Kier alpha value is -1.88. The van der Waals surface area contributed by atoms with Gasteiger partial charge in [0.2, 0.25) is 0 Å². The fourth-order valence-corrected chi connectivity index (χ4v) is 1.72. The molecule has 1 aromatic carbocycles. The maximum Gasteiger partial charge on any atom is 0.272 e. The number of fused-ring (bicyclic) bond motifs is 1. The van der Waals surface area contributed by atoms with E-state index in [4.69, 9.17) is 0 Å². The van der Waals surface area contributed by atoms with Crippen molar-refractivity contribution in [1.82, 2.24) is 15.5 Å². The first-order valence-electron chi connectivity index (χ1n) is 6.29. The van der Waals surface area contributed by atoms with Crippen LogP contribution in [0.5, 0.6) is 0 Å². The largest absolute Gasteiger partial charge is 0.391 e. The lowest BCUT2D eigenvalue weighted by molar-refractivity contribution is 0.0586. The Morgan fingerprint density at radius 3 is 2.79 bits per heavy atom. The summed E-state index contributed by atoms with van der Waals surface area (Å²) in [5.74, 6) is -0.277. The molecule has 0 aliphatic rings. The van der Waals surface area contributed by atoms with Crippen LogP contribution in [0.25, 0.3) is 10.9 Å². The fourth-order valence-electron chi connectivity index (χ4n) is 1.72. The maximum absolute atomic E-state index is 12.0. The second kappa shape index (κ2) is 5.01. The summed E-state index contributed by atoms with van der Waals surface area (Å²) in [6.45, 7) is 5.98. The molecule has 1 unspecified atom stereocenters. The number of aromatic amines is 1. The van der Waals surface area contributed by atoms with Gasteiger partial charge < -0.3 is 10.4 Å². The van der Waals surface area contributed by atoms with Gasteiger partial charge in [-0.1, -0.05) is 39.0 Å². The number of aliphatic hydroxyl groups excluding tert-OH is 1. The van der Waals surface area contributed by atoms with Gasteiger partial charge in [-0.25, -0.2) is 0 Å². The van der Waals surface area contributed by atoms with Gasteiger partial charge in [-0.3, -0.25) is 9.89 Å². The van der Waals surface area contributed by atoms with Crippen LogP contribution in [0.2, 0.25) is 0 Å². The molecule has 5 heteroatoms. The van der Waals surface area contributed by atoms with E-state index in [1.807, 2.05) is 45.0 Å². The smallest absolute Gasteiger partial charge is 0.272 e. The quantitative estimate of drug-likeness (QED) is 0.787. The van der Waals surface area contributed by atoms with Crippen LogP contribution in [0.4, 0.5) is 0 Å². The molecule has 0 fully saturated rings. The second-order valence-corrected chi connectivity index (χ2v) is 5.71. The molecule has 0 aliphatic heterocycles. The third-order valence-electron chi connectivity index (χ3n) is 3.14. The van der Waals surface area contributed by atoms with Gasteiger partial charge in [-0.2, -0.15) is 5.10 Å². The molecule has 2 aromatic rings. The van der Waals surface area contributed by atoms with Crippen LogP contribution in [0.3, 0.4) is 0 Å². The van der Waals surface area contributed by atoms with Crippen LogP contribution in [0.1, 0.15) is 31.3 Å². The molecule has 0 saturated carbocycles. The number of nitrogens with one attached hydrogen (secondary N) is 2. The Labute approximate surface area is 112 Å². The number of hydrogen-bond donors (Lipinski definition) is 3. The summed E-state index contributed by atoms with van der Waals surface area (Å²) in [5, 5.41) is 20.2. The Bertz CT molecular complexity index is 584. The molecule has 2 rings (SSSR count). The Balaban J connectivity index is 2.09. The summed E-state index contributed by atoms with van der Waals surface area (Å²) < 4.78 is 0. The molecular weight excluding hydrogens is 242 g/mol. The highest BCUT2D eigenvalue weighted by Crippen LogP contribution is 2.19. The summed E-state index contributed by atoms with van der Waals surface area (Å²) in [7, 11) is 0. The van der Waals surface area contributed by atoms with Crippen molar-refractivity contribution in [2.24, 2.45) is 5.41 Å². The molecule has 5 nitrogen and oxygen atoms in total. The first-order valence-corrected chi connectivity index (χ1v) is 6.29. The highest BCUT2D eigenvalue weighted by atomic mass is 16.3. The molecule has 1 amide bonds. The predicted octanol–water partition coefficient (Wildman–Crippen LogP) is 1.70. The maximum atomic E-state index is 12.0. The number of aliphatic hydroxyl groups is 1. The van der Waals surface area contributed by atoms with Gasteiger partial charge in [0.1, 0.15) is 0 Å². The molecule has 1 aromatic heterocycles. The highest BCUT2D eigenvalue weighted by molar-refractivity contribution is 6.04. The van der Waals surface area contributed by atoms with Crippen molar-refractivity contribution in [1.29, 1.82) is 0 Å². The van der Waals surface area contributed by atoms with Crippen molar-refractivity contribution < 1.29 is 9.90 Å². The summed E-state index contributed by atoms with van der Waals surface area (Å²) in [6.07, 6.45) is -0.596. The molecule has 19 heavy (non-hydrogen) atoms. The van der Waals surface area contributed by atoms with Gasteiger partial charge in [0.05, 0.1) is 11.6 Å². The summed E-state index contributed by atoms with van der Waals surface area (Å²) in [5.41, 5.74) is 0.918. The number of H-pyrrole nitrogens is 1. The van der Waals surface area contributed by atoms with E-state index < -0.39 is 6.10 Å². The minimum atomic E-state index is -0.596. The van der Waals surface area contributed by atoms with Crippen molar-refractivity contribution in [3.8, 4) is 0 Å². The molecule has 1 atom stereocenters. The van der Waals surface area contributed by atoms with Crippen LogP contribution in [0.15, 0.2) is 24.3 Å². The summed E-state index contributed by atoms with van der Waals surface area (Å²) >= 11 is 0. The molecule has 0 aliphatic carbocycles. The van der Waals surface area contributed by atoms with Crippen molar-refractivity contribution in [3.63, 3.8) is 0 Å². The predicted molar refractivity (Wildman–Crippen MR) is 73.9 cm³/mol. The monoisotopic (exact) mass is 261 g/mol. The number of aromatic nitrogens is 2. The van der Waals surface area contributed by atoms with E-state index in [1.54, 1.807) is 0 Å². The van der Waals surface area contributed by atoms with Crippen molar-refractivity contribution in [2.75, 3.05) is 6.54 Å². The third-order valence-corrected chi connectivity index (χ3v) is 3.14. The van der Waals surface area contributed by atoms with Crippen LogP contribution in [-0.4, -0.2) is 33.9 Å². The lowest BCUT2D eigenvalue weighted by atomic mass is 9.89. The highest BCUT2D eigenvalue weighted by Gasteiger charge is 2.23. The first-order chi connectivity index (χ1) is 8.89. The Morgan fingerprint density at radius 2 is 2.11 bits per heavy atom. The normalized spacial score (nSPS) is 13.5. The van der Waals surface area contributed by atoms with Crippen LogP contribution in [0, 0.1) is 5.41 Å². The molecule has 0 bridgehead atoms. The molecule has 102 valence electrons. The number of amides is 1. The van der Waals surface area contributed by atoms with Gasteiger partial charge in [0, 0.05) is 11.9 Å². The zero-order valence-corrected chi connectivity index (χ0v) is 11.4. The van der Waals surface area contributed by atoms with Gasteiger partial charge in [0.15, 0.2) is 5.69 Å². The summed E-state index contributed by atoms with van der Waals surface area (Å²) in [6, 6.07) is 7.45. The minimum Gasteiger partial charge on any atom is -0.391 e. The topological polar surface area (TPSA) is 78.0 Å². The van der Waals surface area contributed by atoms with E-state index in [0.29, 0.717) is 5.69 Å². The van der Waals surface area contributed by atoms with Crippen LogP contribution >= 0.6 is 0 Å². The van der Waals surface area contributed by atoms with Gasteiger partial charge >= 0.3 is 0 Å². The number of para-hydroxylation sites is 1. The lowest BCUT2D eigenvalue weighted by Gasteiger charge is -2.25. The van der Waals surface area contributed by atoms with E-state index >= 15 is 0 Å². The van der Waals surface area contributed by atoms with Crippen molar-refractivity contribution in [3.05, 3.63) is 30.0 Å². The van der Waals surface area contributed by atoms with E-state index in [0.717, 1.165) is 10.9 Å². The molecule has 0 saturated heterocycles. The van der Waals surface area contributed by atoms with E-state index in [2.05, 4.69) is 15.5 Å². The van der Waals surface area contributed by atoms with E-state index in [9.17, 15) is 9.90 Å². The van der Waals surface area contributed by atoms with Crippen LogP contribution < -0.4 is 5.32 Å². The summed E-state index contributed by atoms with van der Waals surface area (Å²) in [4.78, 5) is 12.0. The molecule has 1 heterocycles. The van der Waals surface area contributed by atoms with Crippen molar-refractivity contribution in [2.45, 2.75) is 26.9 Å². The molecule has 0 spiro atoms. The van der Waals surface area contributed by atoms with Crippen molar-refractivity contribution >= 4 is 16.8 Å². The first kappa shape index (κ1) is 13.5. The lowest BCUT2D eigenvalue weighted by Crippen LogP contribution is -2.39. The standard InChI is InChI=1S/C14H19N3O2/c1-14(2,3)11(18)8-15-13(19)12-9-6-4-5-7-10(9)16-17-12/h4-7,11,18H,8H2,1-3H3,(H,15,19)(H,16,17). The van der Waals surface area contributed by atoms with Gasteiger partial charge in [-0.05, 0) is 11.5 Å². The number of rotatable bonds is 3. The van der Waals surface area contributed by atoms with E-state index in [-0.39, 0.29) is 17.9 Å². The molecule has 3 N–H and O–H groups in total. The zero-order valence-electron chi connectivity index (χ0n) is 11.4. The minimum absolute atomic E-state index is 0.212. The second-order valence-electron chi connectivity index (χ2n) is 5.71. The molecular formula is C14H19N3O2. The number of carbonyl (C=O) groups is 1. The third kappa shape index (κ3) is 2.93. The average Bonchev–Trinajstić information content (AvgIpc) is 2.78. The number of nitrogens with zero attached hydrogens (tertiary/aromatic N) is 1. The Kier molecular flexibility index (Phi) is 3.57. The van der Waals surface area contributed by atoms with Gasteiger partial charge in [-0.15, -0.1) is 0 Å². The van der Waals surface area contributed by atoms with Crippen LogP contribution in [-0.2, 0) is 0 Å². The Morgan fingerprint density at radius 1 is 1.42 bits per heavy atom. The fraction of sp³-hybridized carbons (Fsp3) is 0.429. The number of carbonyl (C=O) groups excluding carboxylic acids is 1. The zero-order chi connectivity index (χ0) is 14.0. The molecule has 0 radical (unpaired) electrons. The number of benzene rings is 1. The van der Waals surface area contributed by atoms with Gasteiger partial charge in [0.25, 0.3) is 5.91 Å². The van der Waals surface area contributed by atoms with E-state index in [1.165, 1.54) is 0 Å². The average molecular weight is 261 g/mol. The number of hydrogen-bond acceptors (Lipinski definition) is 3. The SMILES string of the molecule is CC(C)(C)C(O)CNC(=O)c1n[nH]c2ccccc12.